The Labute approximate surface area is 101 Å². The highest BCUT2D eigenvalue weighted by Gasteiger charge is 2.36. The molecule has 16 heavy (non-hydrogen) atoms. The summed E-state index contributed by atoms with van der Waals surface area (Å²) in [5.41, 5.74) is 6.88. The Kier molecular flexibility index (Phi) is 4.42. The number of hydrogen-bond donors (Lipinski definition) is 1. The molecule has 1 rings (SSSR count). The summed E-state index contributed by atoms with van der Waals surface area (Å²) < 4.78 is 5.98. The van der Waals surface area contributed by atoms with Gasteiger partial charge < -0.3 is 10.5 Å². The molecule has 1 aliphatic carbocycles. The molecule has 0 heterocycles. The van der Waals surface area contributed by atoms with Crippen molar-refractivity contribution in [2.75, 3.05) is 6.61 Å². The summed E-state index contributed by atoms with van der Waals surface area (Å²) in [6.45, 7) is 12.1. The van der Waals surface area contributed by atoms with Crippen LogP contribution < -0.4 is 5.73 Å². The standard InChI is InChI=1S/C14H29NO/c1-13(2,3)9-10-16-11-7-6-8-14(4,5)12(11)15/h11-12H,6-10,15H2,1-5H3. The Morgan fingerprint density at radius 2 is 1.94 bits per heavy atom. The van der Waals surface area contributed by atoms with E-state index in [2.05, 4.69) is 34.6 Å². The van der Waals surface area contributed by atoms with Gasteiger partial charge in [-0.25, -0.2) is 0 Å². The molecular formula is C14H29NO. The number of hydrogen-bond acceptors (Lipinski definition) is 2. The molecule has 2 unspecified atom stereocenters. The van der Waals surface area contributed by atoms with Gasteiger partial charge in [-0.15, -0.1) is 0 Å². The van der Waals surface area contributed by atoms with Gasteiger partial charge in [0.1, 0.15) is 0 Å². The molecule has 0 aliphatic heterocycles. The molecule has 0 aromatic carbocycles. The van der Waals surface area contributed by atoms with Crippen molar-refractivity contribution in [3.8, 4) is 0 Å². The Morgan fingerprint density at radius 3 is 2.50 bits per heavy atom. The van der Waals surface area contributed by atoms with Gasteiger partial charge in [0.2, 0.25) is 0 Å². The average Bonchev–Trinajstić information content (AvgIpc) is 2.10. The first-order valence-corrected chi connectivity index (χ1v) is 6.60. The maximum Gasteiger partial charge on any atom is 0.0731 e. The van der Waals surface area contributed by atoms with Crippen LogP contribution in [0.15, 0.2) is 0 Å². The van der Waals surface area contributed by atoms with Gasteiger partial charge in [0, 0.05) is 12.6 Å². The number of ether oxygens (including phenoxy) is 1. The van der Waals surface area contributed by atoms with Gasteiger partial charge in [-0.1, -0.05) is 41.0 Å². The SMILES string of the molecule is CC(C)(C)CCOC1CCCC(C)(C)C1N. The van der Waals surface area contributed by atoms with Gasteiger partial charge in [-0.3, -0.25) is 0 Å². The van der Waals surface area contributed by atoms with Crippen LogP contribution in [0.3, 0.4) is 0 Å². The lowest BCUT2D eigenvalue weighted by Crippen LogP contribution is -2.50. The second kappa shape index (κ2) is 5.05. The third-order valence-electron chi connectivity index (χ3n) is 3.80. The van der Waals surface area contributed by atoms with E-state index in [0.717, 1.165) is 19.4 Å². The van der Waals surface area contributed by atoms with E-state index in [0.29, 0.717) is 5.41 Å². The van der Waals surface area contributed by atoms with Crippen molar-refractivity contribution in [3.05, 3.63) is 0 Å². The molecule has 96 valence electrons. The highest BCUT2D eigenvalue weighted by molar-refractivity contribution is 4.92. The summed E-state index contributed by atoms with van der Waals surface area (Å²) in [5, 5.41) is 0. The van der Waals surface area contributed by atoms with E-state index in [9.17, 15) is 0 Å². The van der Waals surface area contributed by atoms with Gasteiger partial charge in [0.25, 0.3) is 0 Å². The Morgan fingerprint density at radius 1 is 1.31 bits per heavy atom. The summed E-state index contributed by atoms with van der Waals surface area (Å²) in [6, 6.07) is 0.196. The topological polar surface area (TPSA) is 35.2 Å². The zero-order valence-electron chi connectivity index (χ0n) is 11.7. The molecule has 0 saturated heterocycles. The first-order valence-electron chi connectivity index (χ1n) is 6.60. The van der Waals surface area contributed by atoms with Crippen LogP contribution in [0.4, 0.5) is 0 Å². The molecule has 0 aromatic rings. The normalized spacial score (nSPS) is 30.4. The Bertz CT molecular complexity index is 217. The van der Waals surface area contributed by atoms with E-state index in [1.54, 1.807) is 0 Å². The largest absolute Gasteiger partial charge is 0.377 e. The third kappa shape index (κ3) is 4.06. The monoisotopic (exact) mass is 227 g/mol. The highest BCUT2D eigenvalue weighted by atomic mass is 16.5. The lowest BCUT2D eigenvalue weighted by atomic mass is 9.72. The Hall–Kier alpha value is -0.0800. The summed E-state index contributed by atoms with van der Waals surface area (Å²) >= 11 is 0. The van der Waals surface area contributed by atoms with Crippen molar-refractivity contribution >= 4 is 0 Å². The zero-order chi connectivity index (χ0) is 12.4. The van der Waals surface area contributed by atoms with Crippen LogP contribution in [-0.4, -0.2) is 18.8 Å². The van der Waals surface area contributed by atoms with Crippen molar-refractivity contribution < 1.29 is 4.74 Å². The van der Waals surface area contributed by atoms with Crippen molar-refractivity contribution in [1.82, 2.24) is 0 Å². The van der Waals surface area contributed by atoms with Crippen LogP contribution in [0, 0.1) is 10.8 Å². The molecule has 2 N–H and O–H groups in total. The van der Waals surface area contributed by atoms with Crippen molar-refractivity contribution in [2.45, 2.75) is 72.4 Å². The maximum atomic E-state index is 6.28. The molecule has 0 bridgehead atoms. The second-order valence-electron chi connectivity index (χ2n) is 7.13. The van der Waals surface area contributed by atoms with Gasteiger partial charge in [-0.2, -0.15) is 0 Å². The van der Waals surface area contributed by atoms with Crippen LogP contribution >= 0.6 is 0 Å². The van der Waals surface area contributed by atoms with Crippen molar-refractivity contribution in [2.24, 2.45) is 16.6 Å². The molecule has 1 fully saturated rings. The van der Waals surface area contributed by atoms with Crippen LogP contribution in [0.1, 0.15) is 60.3 Å². The quantitative estimate of drug-likeness (QED) is 0.802. The van der Waals surface area contributed by atoms with E-state index >= 15 is 0 Å². The average molecular weight is 227 g/mol. The smallest absolute Gasteiger partial charge is 0.0731 e. The third-order valence-corrected chi connectivity index (χ3v) is 3.80. The van der Waals surface area contributed by atoms with E-state index in [1.807, 2.05) is 0 Å². The predicted octanol–water partition coefficient (Wildman–Crippen LogP) is 3.35. The predicted molar refractivity (Wildman–Crippen MR) is 69.4 cm³/mol. The van der Waals surface area contributed by atoms with Crippen LogP contribution in [-0.2, 0) is 4.74 Å². The summed E-state index contributed by atoms with van der Waals surface area (Å²) in [7, 11) is 0. The minimum Gasteiger partial charge on any atom is -0.377 e. The lowest BCUT2D eigenvalue weighted by Gasteiger charge is -2.41. The maximum absolute atomic E-state index is 6.28. The molecule has 2 heteroatoms. The minimum absolute atomic E-state index is 0.196. The molecule has 1 aliphatic rings. The first-order chi connectivity index (χ1) is 7.22. The van der Waals surface area contributed by atoms with Crippen LogP contribution in [0.25, 0.3) is 0 Å². The van der Waals surface area contributed by atoms with E-state index in [1.165, 1.54) is 12.8 Å². The van der Waals surface area contributed by atoms with E-state index in [-0.39, 0.29) is 17.6 Å². The molecule has 0 radical (unpaired) electrons. The summed E-state index contributed by atoms with van der Waals surface area (Å²) in [4.78, 5) is 0. The zero-order valence-corrected chi connectivity index (χ0v) is 11.7. The second-order valence-corrected chi connectivity index (χ2v) is 7.13. The van der Waals surface area contributed by atoms with Crippen molar-refractivity contribution in [1.29, 1.82) is 0 Å². The van der Waals surface area contributed by atoms with Crippen LogP contribution in [0.5, 0.6) is 0 Å². The fraction of sp³-hybridized carbons (Fsp3) is 1.00. The fourth-order valence-corrected chi connectivity index (χ4v) is 2.31. The van der Waals surface area contributed by atoms with E-state index in [4.69, 9.17) is 10.5 Å². The first kappa shape index (κ1) is 14.0. The Balaban J connectivity index is 2.37. The lowest BCUT2D eigenvalue weighted by molar-refractivity contribution is -0.0317. The van der Waals surface area contributed by atoms with Gasteiger partial charge in [0.05, 0.1) is 6.10 Å². The molecular weight excluding hydrogens is 198 g/mol. The molecule has 0 aromatic heterocycles. The summed E-state index contributed by atoms with van der Waals surface area (Å²) in [5.74, 6) is 0. The minimum atomic E-state index is 0.196. The fourth-order valence-electron chi connectivity index (χ4n) is 2.31. The van der Waals surface area contributed by atoms with Gasteiger partial charge in [0.15, 0.2) is 0 Å². The molecule has 2 atom stereocenters. The highest BCUT2D eigenvalue weighted by Crippen LogP contribution is 2.35. The molecule has 1 saturated carbocycles. The molecule has 0 spiro atoms. The van der Waals surface area contributed by atoms with E-state index < -0.39 is 0 Å². The van der Waals surface area contributed by atoms with Gasteiger partial charge in [-0.05, 0) is 30.1 Å². The molecule has 0 amide bonds. The molecule has 2 nitrogen and oxygen atoms in total. The number of rotatable bonds is 3. The summed E-state index contributed by atoms with van der Waals surface area (Å²) in [6.07, 6.45) is 4.99. The van der Waals surface area contributed by atoms with Gasteiger partial charge >= 0.3 is 0 Å². The van der Waals surface area contributed by atoms with Crippen LogP contribution in [0.2, 0.25) is 0 Å². The number of nitrogens with two attached hydrogens (primary N) is 1. The van der Waals surface area contributed by atoms with Crippen molar-refractivity contribution in [3.63, 3.8) is 0 Å².